The van der Waals surface area contributed by atoms with Crippen molar-refractivity contribution < 1.29 is 0 Å². The van der Waals surface area contributed by atoms with Crippen LogP contribution in [0.5, 0.6) is 0 Å². The van der Waals surface area contributed by atoms with E-state index in [9.17, 15) is 9.59 Å². The zero-order valence-corrected chi connectivity index (χ0v) is 16.6. The average molecular weight is 393 g/mol. The largest absolute Gasteiger partial charge is 0.343 e. The second kappa shape index (κ2) is 7.12. The molecule has 0 radical (unpaired) electrons. The third kappa shape index (κ3) is 3.50. The molecule has 0 atom stereocenters. The topological polar surface area (TPSA) is 96.4 Å². The maximum atomic E-state index is 12.7. The van der Waals surface area contributed by atoms with Gasteiger partial charge >= 0.3 is 0 Å². The summed E-state index contributed by atoms with van der Waals surface area (Å²) in [5.74, 6) is 0.809. The minimum absolute atomic E-state index is 0.0758. The third-order valence-corrected chi connectivity index (χ3v) is 5.37. The fraction of sp³-hybridized carbons (Fsp3) is 0.200. The highest BCUT2D eigenvalue weighted by atomic mass is 32.2. The van der Waals surface area contributed by atoms with Crippen molar-refractivity contribution in [3.05, 3.63) is 79.6 Å². The summed E-state index contributed by atoms with van der Waals surface area (Å²) in [6.45, 7) is 5.70. The first-order valence-corrected chi connectivity index (χ1v) is 9.78. The molecule has 3 aromatic heterocycles. The van der Waals surface area contributed by atoms with E-state index in [1.54, 1.807) is 11.8 Å². The summed E-state index contributed by atoms with van der Waals surface area (Å²) in [5, 5.41) is 3.01. The van der Waals surface area contributed by atoms with Crippen LogP contribution in [0.2, 0.25) is 0 Å². The molecule has 4 rings (SSSR count). The predicted octanol–water partition coefficient (Wildman–Crippen LogP) is 3.01. The Labute approximate surface area is 164 Å². The van der Waals surface area contributed by atoms with Crippen molar-refractivity contribution in [2.45, 2.75) is 31.4 Å². The van der Waals surface area contributed by atoms with Crippen LogP contribution >= 0.6 is 11.8 Å². The Morgan fingerprint density at radius 3 is 2.36 bits per heavy atom. The summed E-state index contributed by atoms with van der Waals surface area (Å²) in [7, 11) is 0. The number of nitrogens with one attached hydrogen (secondary N) is 2. The zero-order valence-electron chi connectivity index (χ0n) is 15.7. The van der Waals surface area contributed by atoms with Gasteiger partial charge in [0.15, 0.2) is 5.43 Å². The summed E-state index contributed by atoms with van der Waals surface area (Å²) in [6, 6.07) is 11.5. The van der Waals surface area contributed by atoms with Gasteiger partial charge in [0.05, 0.1) is 0 Å². The fourth-order valence-electron chi connectivity index (χ4n) is 3.00. The van der Waals surface area contributed by atoms with Gasteiger partial charge in [-0.1, -0.05) is 17.7 Å². The number of benzene rings is 1. The molecule has 0 saturated carbocycles. The van der Waals surface area contributed by atoms with E-state index in [1.807, 2.05) is 39.0 Å². The number of rotatable bonds is 4. The van der Waals surface area contributed by atoms with Crippen LogP contribution in [0.4, 0.5) is 0 Å². The zero-order chi connectivity index (χ0) is 19.8. The normalized spacial score (nSPS) is 11.2. The minimum Gasteiger partial charge on any atom is -0.343 e. The summed E-state index contributed by atoms with van der Waals surface area (Å²) in [5.41, 5.74) is 3.02. The molecule has 0 aliphatic carbocycles. The Bertz CT molecular complexity index is 1260. The third-order valence-electron chi connectivity index (χ3n) is 4.31. The SMILES string of the molecule is Cc1ccc(SCc2cc(=O)c3c(=O)n(-c4nc(C)cc(C)n4)[nH]c3[nH]2)cc1. The molecule has 142 valence electrons. The van der Waals surface area contributed by atoms with E-state index in [1.165, 1.54) is 16.3 Å². The number of aromatic amines is 2. The standard InChI is InChI=1S/C20H19N5O2S/c1-11-4-6-15(7-5-11)28-10-14-9-16(26)17-18(23-14)24-25(19(17)27)20-21-12(2)8-13(3)22-20/h4-9H,10H2,1-3H3,(H2,23,24,26). The van der Waals surface area contributed by atoms with Gasteiger partial charge in [0.1, 0.15) is 11.0 Å². The smallest absolute Gasteiger partial charge is 0.287 e. The maximum absolute atomic E-state index is 12.7. The molecule has 0 fully saturated rings. The molecule has 0 bridgehead atoms. The van der Waals surface area contributed by atoms with Crippen LogP contribution in [0.25, 0.3) is 17.0 Å². The van der Waals surface area contributed by atoms with Crippen LogP contribution in [0, 0.1) is 20.8 Å². The lowest BCUT2D eigenvalue weighted by Gasteiger charge is -2.03. The van der Waals surface area contributed by atoms with Crippen molar-refractivity contribution in [1.82, 2.24) is 24.7 Å². The number of hydrogen-bond donors (Lipinski definition) is 2. The van der Waals surface area contributed by atoms with Gasteiger partial charge in [0, 0.05) is 33.8 Å². The monoisotopic (exact) mass is 393 g/mol. The van der Waals surface area contributed by atoms with E-state index in [-0.39, 0.29) is 16.8 Å². The minimum atomic E-state index is -0.459. The van der Waals surface area contributed by atoms with E-state index < -0.39 is 5.56 Å². The van der Waals surface area contributed by atoms with Gasteiger partial charge in [-0.25, -0.2) is 9.97 Å². The van der Waals surface area contributed by atoms with Crippen molar-refractivity contribution in [3.8, 4) is 5.95 Å². The highest BCUT2D eigenvalue weighted by molar-refractivity contribution is 7.98. The number of H-pyrrole nitrogens is 2. The van der Waals surface area contributed by atoms with Gasteiger partial charge in [0.25, 0.3) is 11.5 Å². The van der Waals surface area contributed by atoms with Crippen molar-refractivity contribution in [2.75, 3.05) is 0 Å². The van der Waals surface area contributed by atoms with Gasteiger partial charge in [-0.2, -0.15) is 4.68 Å². The average Bonchev–Trinajstić information content (AvgIpc) is 2.97. The molecular formula is C20H19N5O2S. The van der Waals surface area contributed by atoms with Gasteiger partial charge in [-0.3, -0.25) is 14.7 Å². The van der Waals surface area contributed by atoms with Crippen LogP contribution in [0.3, 0.4) is 0 Å². The molecule has 7 nitrogen and oxygen atoms in total. The Balaban J connectivity index is 1.71. The lowest BCUT2D eigenvalue weighted by molar-refractivity contribution is 0.777. The number of thioether (sulfide) groups is 1. The van der Waals surface area contributed by atoms with E-state index in [4.69, 9.17) is 0 Å². The molecule has 8 heteroatoms. The number of fused-ring (bicyclic) bond motifs is 1. The lowest BCUT2D eigenvalue weighted by Crippen LogP contribution is -2.20. The lowest BCUT2D eigenvalue weighted by atomic mass is 10.2. The molecule has 0 unspecified atom stereocenters. The summed E-state index contributed by atoms with van der Waals surface area (Å²) in [6.07, 6.45) is 0. The van der Waals surface area contributed by atoms with Crippen molar-refractivity contribution in [2.24, 2.45) is 0 Å². The van der Waals surface area contributed by atoms with Gasteiger partial charge < -0.3 is 4.98 Å². The van der Waals surface area contributed by atoms with Crippen LogP contribution in [0.1, 0.15) is 22.6 Å². The fourth-order valence-corrected chi connectivity index (χ4v) is 3.81. The highest BCUT2D eigenvalue weighted by Crippen LogP contribution is 2.22. The van der Waals surface area contributed by atoms with E-state index >= 15 is 0 Å². The van der Waals surface area contributed by atoms with Crippen LogP contribution in [0.15, 0.2) is 50.9 Å². The molecule has 28 heavy (non-hydrogen) atoms. The van der Waals surface area contributed by atoms with Crippen molar-refractivity contribution in [3.63, 3.8) is 0 Å². The molecule has 2 N–H and O–H groups in total. The number of aromatic nitrogens is 5. The number of pyridine rings is 1. The first kappa shape index (κ1) is 18.2. The van der Waals surface area contributed by atoms with Gasteiger partial charge in [0.2, 0.25) is 0 Å². The molecule has 0 spiro atoms. The highest BCUT2D eigenvalue weighted by Gasteiger charge is 2.15. The Kier molecular flexibility index (Phi) is 4.64. The quantitative estimate of drug-likeness (QED) is 0.520. The van der Waals surface area contributed by atoms with Crippen LogP contribution in [-0.2, 0) is 5.75 Å². The van der Waals surface area contributed by atoms with Crippen LogP contribution < -0.4 is 11.0 Å². The Hall–Kier alpha value is -3.13. The molecule has 4 aromatic rings. The second-order valence-corrected chi connectivity index (χ2v) is 7.76. The van der Waals surface area contributed by atoms with Crippen LogP contribution in [-0.4, -0.2) is 24.7 Å². The molecule has 0 saturated heterocycles. The Morgan fingerprint density at radius 1 is 1.00 bits per heavy atom. The van der Waals surface area contributed by atoms with Crippen molar-refractivity contribution in [1.29, 1.82) is 0 Å². The van der Waals surface area contributed by atoms with Gasteiger partial charge in [-0.05, 0) is 39.0 Å². The molecule has 3 heterocycles. The van der Waals surface area contributed by atoms with E-state index in [0.717, 1.165) is 22.0 Å². The Morgan fingerprint density at radius 2 is 1.68 bits per heavy atom. The predicted molar refractivity (Wildman–Crippen MR) is 110 cm³/mol. The molecule has 0 aliphatic heterocycles. The molecular weight excluding hydrogens is 374 g/mol. The van der Waals surface area contributed by atoms with E-state index in [0.29, 0.717) is 11.4 Å². The first-order chi connectivity index (χ1) is 13.4. The number of hydrogen-bond acceptors (Lipinski definition) is 5. The molecule has 0 amide bonds. The molecule has 0 aliphatic rings. The summed E-state index contributed by atoms with van der Waals surface area (Å²) >= 11 is 1.62. The maximum Gasteiger partial charge on any atom is 0.287 e. The number of aryl methyl sites for hydroxylation is 3. The summed E-state index contributed by atoms with van der Waals surface area (Å²) in [4.78, 5) is 38.1. The van der Waals surface area contributed by atoms with Crippen molar-refractivity contribution >= 4 is 22.8 Å². The summed E-state index contributed by atoms with van der Waals surface area (Å²) < 4.78 is 1.21. The van der Waals surface area contributed by atoms with Gasteiger partial charge in [-0.15, -0.1) is 11.8 Å². The number of nitrogens with zero attached hydrogens (tertiary/aromatic N) is 3. The second-order valence-electron chi connectivity index (χ2n) is 6.71. The first-order valence-electron chi connectivity index (χ1n) is 8.80. The molecule has 1 aromatic carbocycles. The van der Waals surface area contributed by atoms with E-state index in [2.05, 4.69) is 32.2 Å².